The highest BCUT2D eigenvalue weighted by Crippen LogP contribution is 2.51. The second kappa shape index (κ2) is 10.0. The molecular formula is C28H30F3N5O4S2. The van der Waals surface area contributed by atoms with Crippen LogP contribution in [0.3, 0.4) is 0 Å². The van der Waals surface area contributed by atoms with Crippen LogP contribution in [0.15, 0.2) is 59.5 Å². The average molecular weight is 622 g/mol. The van der Waals surface area contributed by atoms with Crippen LogP contribution in [0.4, 0.5) is 24.9 Å². The van der Waals surface area contributed by atoms with E-state index >= 15 is 0 Å². The highest BCUT2D eigenvalue weighted by atomic mass is 32.2. The smallest absolute Gasteiger partial charge is 0.354 e. The zero-order chi connectivity index (χ0) is 30.7. The Labute approximate surface area is 242 Å². The summed E-state index contributed by atoms with van der Waals surface area (Å²) in [4.78, 5) is 13.5. The molecule has 2 aromatic heterocycles. The van der Waals surface area contributed by atoms with E-state index in [4.69, 9.17) is 0 Å². The number of sulfone groups is 2. The fourth-order valence-corrected chi connectivity index (χ4v) is 7.19. The van der Waals surface area contributed by atoms with E-state index in [0.717, 1.165) is 12.5 Å². The van der Waals surface area contributed by atoms with Crippen molar-refractivity contribution in [2.75, 3.05) is 23.1 Å². The predicted molar refractivity (Wildman–Crippen MR) is 155 cm³/mol. The molecule has 1 aromatic carbocycles. The molecule has 0 aliphatic heterocycles. The van der Waals surface area contributed by atoms with Gasteiger partial charge < -0.3 is 10.6 Å². The largest absolute Gasteiger partial charge is 0.411 e. The molecule has 2 heterocycles. The molecule has 0 radical (unpaired) electrons. The second-order valence-corrected chi connectivity index (χ2v) is 15.6. The van der Waals surface area contributed by atoms with Crippen LogP contribution in [0, 0.1) is 5.41 Å². The zero-order valence-corrected chi connectivity index (χ0v) is 25.0. The van der Waals surface area contributed by atoms with E-state index in [1.54, 1.807) is 42.5 Å². The molecule has 2 aliphatic rings. The van der Waals surface area contributed by atoms with Crippen molar-refractivity contribution in [2.45, 2.75) is 55.1 Å². The Morgan fingerprint density at radius 1 is 1.00 bits per heavy atom. The number of benzene rings is 1. The zero-order valence-electron chi connectivity index (χ0n) is 23.3. The minimum absolute atomic E-state index is 0.0259. The van der Waals surface area contributed by atoms with Gasteiger partial charge in [-0.2, -0.15) is 18.2 Å². The maximum Gasteiger partial charge on any atom is 0.411 e. The molecule has 1 atom stereocenters. The fraction of sp³-hybridized carbons (Fsp3) is 0.393. The Morgan fingerprint density at radius 2 is 1.71 bits per heavy atom. The highest BCUT2D eigenvalue weighted by Gasteiger charge is 2.64. The molecule has 9 nitrogen and oxygen atoms in total. The third kappa shape index (κ3) is 6.00. The molecular weight excluding hydrogens is 591 g/mol. The van der Waals surface area contributed by atoms with Crippen LogP contribution in [0.1, 0.15) is 37.9 Å². The number of allylic oxidation sites excluding steroid dienone is 3. The van der Waals surface area contributed by atoms with E-state index in [1.165, 1.54) is 12.1 Å². The predicted octanol–water partition coefficient (Wildman–Crippen LogP) is 4.94. The van der Waals surface area contributed by atoms with Gasteiger partial charge in [0, 0.05) is 24.5 Å². The summed E-state index contributed by atoms with van der Waals surface area (Å²) in [5.41, 5.74) is -0.937. The van der Waals surface area contributed by atoms with E-state index < -0.39 is 42.1 Å². The lowest BCUT2D eigenvalue weighted by Crippen LogP contribution is -2.39. The Bertz CT molecular complexity index is 1850. The van der Waals surface area contributed by atoms with E-state index in [9.17, 15) is 30.0 Å². The lowest BCUT2D eigenvalue weighted by molar-refractivity contribution is -0.151. The first kappa shape index (κ1) is 30.0. The first-order chi connectivity index (χ1) is 19.4. The first-order valence-electron chi connectivity index (χ1n) is 13.0. The standard InChI is InChI=1S/C28H30F3N5O4S2/c1-26(2)11-10-18(15-22(26)42(4,39)40)20-8-9-21-23(33-20)24(36-27(12-13-27)28(29,30)31)35-25(34-21)32-16-17-6-5-7-19(14-17)41(3,37)38/h5-11,14-15,22H,12-13,16H2,1-4H3,(H2,32,34,35,36). The Balaban J connectivity index is 1.54. The van der Waals surface area contributed by atoms with Crippen molar-refractivity contribution in [1.82, 2.24) is 15.0 Å². The SMILES string of the molecule is CC1(C)C=CC(c2ccc3nc(NCc4cccc(S(C)(=O)=O)c4)nc(NC4(C(F)(F)F)CC4)c3n2)=CC1S(C)(=O)=O. The van der Waals surface area contributed by atoms with Crippen LogP contribution in [0.2, 0.25) is 0 Å². The number of halogens is 3. The van der Waals surface area contributed by atoms with Gasteiger partial charge in [0.15, 0.2) is 25.5 Å². The number of anilines is 2. The van der Waals surface area contributed by atoms with Crippen LogP contribution in [-0.2, 0) is 26.2 Å². The topological polar surface area (TPSA) is 131 Å². The van der Waals surface area contributed by atoms with Crippen molar-refractivity contribution in [2.24, 2.45) is 5.41 Å². The average Bonchev–Trinajstić information content (AvgIpc) is 3.67. The molecule has 0 spiro atoms. The summed E-state index contributed by atoms with van der Waals surface area (Å²) in [6.07, 6.45) is 2.63. The Hall–Kier alpha value is -3.52. The molecule has 42 heavy (non-hydrogen) atoms. The molecule has 0 saturated heterocycles. The summed E-state index contributed by atoms with van der Waals surface area (Å²) >= 11 is 0. The molecule has 0 amide bonds. The molecule has 2 N–H and O–H groups in total. The number of pyridine rings is 1. The van der Waals surface area contributed by atoms with Crippen LogP contribution in [0.5, 0.6) is 0 Å². The van der Waals surface area contributed by atoms with E-state index in [-0.39, 0.29) is 47.1 Å². The summed E-state index contributed by atoms with van der Waals surface area (Å²) in [5.74, 6) is -0.0950. The summed E-state index contributed by atoms with van der Waals surface area (Å²) in [7, 11) is -6.89. The molecule has 0 bridgehead atoms. The minimum Gasteiger partial charge on any atom is -0.354 e. The summed E-state index contributed by atoms with van der Waals surface area (Å²) in [5, 5.41) is 4.72. The van der Waals surface area contributed by atoms with Gasteiger partial charge in [-0.25, -0.2) is 26.8 Å². The van der Waals surface area contributed by atoms with E-state index in [0.29, 0.717) is 16.8 Å². The van der Waals surface area contributed by atoms with Gasteiger partial charge in [-0.05, 0) is 48.2 Å². The molecule has 1 unspecified atom stereocenters. The van der Waals surface area contributed by atoms with Crippen molar-refractivity contribution in [3.8, 4) is 0 Å². The van der Waals surface area contributed by atoms with E-state index in [1.807, 2.05) is 13.8 Å². The molecule has 2 aliphatic carbocycles. The van der Waals surface area contributed by atoms with Gasteiger partial charge in [-0.15, -0.1) is 0 Å². The maximum absolute atomic E-state index is 13.9. The Kier molecular flexibility index (Phi) is 7.16. The molecule has 1 saturated carbocycles. The van der Waals surface area contributed by atoms with Crippen LogP contribution in [0.25, 0.3) is 16.6 Å². The highest BCUT2D eigenvalue weighted by molar-refractivity contribution is 7.91. The van der Waals surface area contributed by atoms with Crippen LogP contribution >= 0.6 is 0 Å². The second-order valence-electron chi connectivity index (χ2n) is 11.5. The van der Waals surface area contributed by atoms with Crippen molar-refractivity contribution in [3.63, 3.8) is 0 Å². The Morgan fingerprint density at radius 3 is 2.33 bits per heavy atom. The summed E-state index contributed by atoms with van der Waals surface area (Å²) < 4.78 is 90.6. The third-order valence-electron chi connectivity index (χ3n) is 7.48. The minimum atomic E-state index is -4.52. The molecule has 5 rings (SSSR count). The van der Waals surface area contributed by atoms with Crippen molar-refractivity contribution in [1.29, 1.82) is 0 Å². The van der Waals surface area contributed by atoms with Crippen molar-refractivity contribution in [3.05, 3.63) is 65.9 Å². The van der Waals surface area contributed by atoms with Gasteiger partial charge in [0.2, 0.25) is 5.95 Å². The van der Waals surface area contributed by atoms with Crippen molar-refractivity contribution >= 4 is 48.0 Å². The van der Waals surface area contributed by atoms with Gasteiger partial charge >= 0.3 is 6.18 Å². The number of alkyl halides is 3. The number of hydrogen-bond acceptors (Lipinski definition) is 9. The quantitative estimate of drug-likeness (QED) is 0.359. The molecule has 14 heteroatoms. The van der Waals surface area contributed by atoms with Gasteiger partial charge in [0.25, 0.3) is 0 Å². The van der Waals surface area contributed by atoms with Crippen LogP contribution in [-0.4, -0.2) is 61.3 Å². The van der Waals surface area contributed by atoms with Crippen molar-refractivity contribution < 1.29 is 30.0 Å². The van der Waals surface area contributed by atoms with Gasteiger partial charge in [0.1, 0.15) is 11.1 Å². The molecule has 1 fully saturated rings. The number of fused-ring (bicyclic) bond motifs is 1. The number of hydrogen-bond donors (Lipinski definition) is 2. The van der Waals surface area contributed by atoms with E-state index in [2.05, 4.69) is 25.6 Å². The van der Waals surface area contributed by atoms with Gasteiger partial charge in [-0.1, -0.05) is 44.2 Å². The lowest BCUT2D eigenvalue weighted by Gasteiger charge is -2.31. The number of rotatable bonds is 8. The lowest BCUT2D eigenvalue weighted by atomic mass is 9.83. The number of nitrogens with zero attached hydrogens (tertiary/aromatic N) is 3. The normalized spacial score (nSPS) is 19.8. The maximum atomic E-state index is 13.9. The van der Waals surface area contributed by atoms with Gasteiger partial charge in [-0.3, -0.25) is 0 Å². The van der Waals surface area contributed by atoms with Gasteiger partial charge in [0.05, 0.1) is 21.4 Å². The molecule has 3 aromatic rings. The van der Waals surface area contributed by atoms with Crippen LogP contribution < -0.4 is 10.6 Å². The third-order valence-corrected chi connectivity index (χ3v) is 10.3. The number of nitrogens with one attached hydrogen (secondary N) is 2. The first-order valence-corrected chi connectivity index (χ1v) is 16.9. The number of aromatic nitrogens is 3. The molecule has 224 valence electrons. The summed E-state index contributed by atoms with van der Waals surface area (Å²) in [6, 6.07) is 9.49. The summed E-state index contributed by atoms with van der Waals surface area (Å²) in [6.45, 7) is 3.74. The monoisotopic (exact) mass is 621 g/mol. The fourth-order valence-electron chi connectivity index (χ4n) is 4.92.